The van der Waals surface area contributed by atoms with Crippen LogP contribution in [0.2, 0.25) is 0 Å². The van der Waals surface area contributed by atoms with Gasteiger partial charge in [-0.25, -0.2) is 0 Å². The lowest BCUT2D eigenvalue weighted by Crippen LogP contribution is -2.06. The van der Waals surface area contributed by atoms with Crippen LogP contribution in [0.3, 0.4) is 0 Å². The molecule has 92 valence electrons. The van der Waals surface area contributed by atoms with Crippen LogP contribution in [0.5, 0.6) is 5.75 Å². The summed E-state index contributed by atoms with van der Waals surface area (Å²) in [6.07, 6.45) is 9.60. The molecule has 0 bridgehead atoms. The minimum absolute atomic E-state index is 0.262. The molecule has 0 saturated carbocycles. The molecule has 0 radical (unpaired) electrons. The van der Waals surface area contributed by atoms with Crippen molar-refractivity contribution in [1.29, 1.82) is 0 Å². The van der Waals surface area contributed by atoms with E-state index in [2.05, 4.69) is 44.7 Å². The Balaban J connectivity index is 2.66. The maximum absolute atomic E-state index is 5.84. The van der Waals surface area contributed by atoms with Crippen molar-refractivity contribution < 1.29 is 4.74 Å². The van der Waals surface area contributed by atoms with Gasteiger partial charge in [-0.1, -0.05) is 19.8 Å². The third-order valence-corrected chi connectivity index (χ3v) is 2.70. The maximum atomic E-state index is 5.84. The molecule has 1 aromatic rings. The van der Waals surface area contributed by atoms with Crippen molar-refractivity contribution >= 4 is 0 Å². The highest BCUT2D eigenvalue weighted by molar-refractivity contribution is 5.31. The quantitative estimate of drug-likeness (QED) is 0.637. The van der Waals surface area contributed by atoms with E-state index in [0.717, 1.165) is 18.7 Å². The lowest BCUT2D eigenvalue weighted by atomic mass is 10.1. The molecular formula is C14H25NO. The van der Waals surface area contributed by atoms with Crippen LogP contribution in [0.25, 0.3) is 0 Å². The van der Waals surface area contributed by atoms with E-state index >= 15 is 0 Å². The molecule has 0 spiro atoms. The first-order valence-corrected chi connectivity index (χ1v) is 6.52. The molecular weight excluding hydrogens is 198 g/mol. The lowest BCUT2D eigenvalue weighted by Gasteiger charge is -2.09. The van der Waals surface area contributed by atoms with Crippen LogP contribution in [-0.4, -0.2) is 10.7 Å². The van der Waals surface area contributed by atoms with Crippen molar-refractivity contribution in [1.82, 2.24) is 4.57 Å². The molecule has 1 heterocycles. The minimum Gasteiger partial charge on any atom is -0.489 e. The zero-order chi connectivity index (χ0) is 12.0. The molecule has 2 nitrogen and oxygen atoms in total. The van der Waals surface area contributed by atoms with E-state index in [1.165, 1.54) is 24.8 Å². The standard InChI is InChI=1S/C14H25NO/c1-5-7-8-9-13-10-15(6-2)11-14(13)16-12(3)4/h10-12H,5-9H2,1-4H3. The highest BCUT2D eigenvalue weighted by Crippen LogP contribution is 2.23. The number of rotatable bonds is 7. The molecule has 0 amide bonds. The van der Waals surface area contributed by atoms with Crippen LogP contribution in [-0.2, 0) is 13.0 Å². The lowest BCUT2D eigenvalue weighted by molar-refractivity contribution is 0.240. The zero-order valence-electron chi connectivity index (χ0n) is 11.1. The fourth-order valence-electron chi connectivity index (χ4n) is 1.83. The monoisotopic (exact) mass is 223 g/mol. The van der Waals surface area contributed by atoms with Crippen molar-refractivity contribution in [3.05, 3.63) is 18.0 Å². The average molecular weight is 223 g/mol. The van der Waals surface area contributed by atoms with E-state index in [0.29, 0.717) is 0 Å². The van der Waals surface area contributed by atoms with Crippen LogP contribution in [0.15, 0.2) is 12.4 Å². The summed E-state index contributed by atoms with van der Waals surface area (Å²) in [5, 5.41) is 0. The molecule has 0 fully saturated rings. The first kappa shape index (κ1) is 13.1. The van der Waals surface area contributed by atoms with Crippen molar-refractivity contribution in [3.8, 4) is 5.75 Å². The molecule has 1 aromatic heterocycles. The summed E-state index contributed by atoms with van der Waals surface area (Å²) in [5.41, 5.74) is 1.36. The number of aryl methyl sites for hydroxylation is 2. The fraction of sp³-hybridized carbons (Fsp3) is 0.714. The van der Waals surface area contributed by atoms with E-state index in [1.54, 1.807) is 0 Å². The van der Waals surface area contributed by atoms with E-state index < -0.39 is 0 Å². The fourth-order valence-corrected chi connectivity index (χ4v) is 1.83. The van der Waals surface area contributed by atoms with E-state index in [1.807, 2.05) is 0 Å². The molecule has 0 N–H and O–H groups in total. The molecule has 1 rings (SSSR count). The Kier molecular flexibility index (Phi) is 5.44. The van der Waals surface area contributed by atoms with Crippen molar-refractivity contribution in [2.45, 2.75) is 66.0 Å². The van der Waals surface area contributed by atoms with Crippen molar-refractivity contribution in [2.24, 2.45) is 0 Å². The van der Waals surface area contributed by atoms with Gasteiger partial charge in [-0.3, -0.25) is 0 Å². The Morgan fingerprint density at radius 3 is 2.50 bits per heavy atom. The van der Waals surface area contributed by atoms with Gasteiger partial charge in [0, 0.05) is 24.5 Å². The van der Waals surface area contributed by atoms with E-state index in [9.17, 15) is 0 Å². The average Bonchev–Trinajstić information content (AvgIpc) is 2.60. The van der Waals surface area contributed by atoms with Gasteiger partial charge in [0.15, 0.2) is 0 Å². The number of aromatic nitrogens is 1. The molecule has 0 atom stereocenters. The highest BCUT2D eigenvalue weighted by atomic mass is 16.5. The first-order valence-electron chi connectivity index (χ1n) is 6.52. The number of hydrogen-bond acceptors (Lipinski definition) is 1. The summed E-state index contributed by atoms with van der Waals surface area (Å²) < 4.78 is 8.05. The van der Waals surface area contributed by atoms with Crippen LogP contribution < -0.4 is 4.74 Å². The van der Waals surface area contributed by atoms with Gasteiger partial charge in [-0.2, -0.15) is 0 Å². The number of hydrogen-bond donors (Lipinski definition) is 0. The Morgan fingerprint density at radius 2 is 1.94 bits per heavy atom. The summed E-state index contributed by atoms with van der Waals surface area (Å²) >= 11 is 0. The molecule has 0 unspecified atom stereocenters. The largest absolute Gasteiger partial charge is 0.489 e. The molecule has 16 heavy (non-hydrogen) atoms. The van der Waals surface area contributed by atoms with Gasteiger partial charge in [-0.15, -0.1) is 0 Å². The molecule has 0 aliphatic carbocycles. The van der Waals surface area contributed by atoms with Gasteiger partial charge < -0.3 is 9.30 Å². The Labute approximate surface area is 99.6 Å². The third kappa shape index (κ3) is 3.92. The SMILES string of the molecule is CCCCCc1cn(CC)cc1OC(C)C. The molecule has 2 heteroatoms. The third-order valence-electron chi connectivity index (χ3n) is 2.70. The summed E-state index contributed by atoms with van der Waals surface area (Å²) in [5.74, 6) is 1.08. The maximum Gasteiger partial charge on any atom is 0.140 e. The molecule has 0 saturated heterocycles. The smallest absolute Gasteiger partial charge is 0.140 e. The van der Waals surface area contributed by atoms with E-state index in [4.69, 9.17) is 4.74 Å². The summed E-state index contributed by atoms with van der Waals surface area (Å²) in [6.45, 7) is 9.58. The second kappa shape index (κ2) is 6.62. The summed E-state index contributed by atoms with van der Waals surface area (Å²) in [6, 6.07) is 0. The summed E-state index contributed by atoms with van der Waals surface area (Å²) in [7, 11) is 0. The van der Waals surface area contributed by atoms with Crippen LogP contribution in [0.4, 0.5) is 0 Å². The minimum atomic E-state index is 0.262. The van der Waals surface area contributed by atoms with Gasteiger partial charge in [0.1, 0.15) is 5.75 Å². The van der Waals surface area contributed by atoms with Gasteiger partial charge >= 0.3 is 0 Å². The first-order chi connectivity index (χ1) is 7.67. The highest BCUT2D eigenvalue weighted by Gasteiger charge is 2.08. The number of ether oxygens (including phenoxy) is 1. The predicted octanol–water partition coefficient (Wildman–Crippen LogP) is 4.03. The van der Waals surface area contributed by atoms with Crippen molar-refractivity contribution in [2.75, 3.05) is 0 Å². The van der Waals surface area contributed by atoms with Gasteiger partial charge in [0.2, 0.25) is 0 Å². The topological polar surface area (TPSA) is 14.2 Å². The Morgan fingerprint density at radius 1 is 1.19 bits per heavy atom. The second-order valence-electron chi connectivity index (χ2n) is 4.60. The predicted molar refractivity (Wildman–Crippen MR) is 69.1 cm³/mol. The van der Waals surface area contributed by atoms with Crippen LogP contribution in [0, 0.1) is 0 Å². The van der Waals surface area contributed by atoms with Gasteiger partial charge in [-0.05, 0) is 33.6 Å². The molecule has 0 aliphatic rings. The van der Waals surface area contributed by atoms with Crippen LogP contribution >= 0.6 is 0 Å². The van der Waals surface area contributed by atoms with Crippen molar-refractivity contribution in [3.63, 3.8) is 0 Å². The Hall–Kier alpha value is -0.920. The summed E-state index contributed by atoms with van der Waals surface area (Å²) in [4.78, 5) is 0. The number of unbranched alkanes of at least 4 members (excludes halogenated alkanes) is 2. The second-order valence-corrected chi connectivity index (χ2v) is 4.60. The van der Waals surface area contributed by atoms with E-state index in [-0.39, 0.29) is 6.10 Å². The van der Waals surface area contributed by atoms with Gasteiger partial charge in [0.05, 0.1) is 6.10 Å². The Bertz CT molecular complexity index is 302. The molecule has 0 aliphatic heterocycles. The zero-order valence-corrected chi connectivity index (χ0v) is 11.1. The molecule has 0 aromatic carbocycles. The van der Waals surface area contributed by atoms with Crippen LogP contribution in [0.1, 0.15) is 52.5 Å². The van der Waals surface area contributed by atoms with Gasteiger partial charge in [0.25, 0.3) is 0 Å². The normalized spacial score (nSPS) is 11.1. The number of nitrogens with zero attached hydrogens (tertiary/aromatic N) is 1.